The largest absolute Gasteiger partial charge is 0.309 e. The number of benzene rings is 1. The molecule has 0 amide bonds. The van der Waals surface area contributed by atoms with Crippen LogP contribution in [-0.4, -0.2) is 44.1 Å². The molecule has 1 N–H and O–H groups in total. The molecule has 0 spiro atoms. The minimum Gasteiger partial charge on any atom is -0.309 e. The average Bonchev–Trinajstić information content (AvgIpc) is 3.59. The Labute approximate surface area is 192 Å². The smallest absolute Gasteiger partial charge is 0.228 e. The number of nitrogens with one attached hydrogen (secondary N) is 1. The molecule has 0 atom stereocenters. The number of halogens is 1. The van der Waals surface area contributed by atoms with Gasteiger partial charge in [0.15, 0.2) is 11.5 Å². The lowest BCUT2D eigenvalue weighted by molar-refractivity contribution is 0.627. The fourth-order valence-electron chi connectivity index (χ4n) is 3.60. The monoisotopic (exact) mass is 452 g/mol. The Kier molecular flexibility index (Phi) is 4.58. The molecule has 6 rings (SSSR count). The average molecular weight is 452 g/mol. The third-order valence-corrected chi connectivity index (χ3v) is 5.33. The van der Waals surface area contributed by atoms with E-state index in [0.717, 1.165) is 22.8 Å². The number of pyridine rings is 1. The zero-order valence-corrected chi connectivity index (χ0v) is 17.9. The van der Waals surface area contributed by atoms with Crippen molar-refractivity contribution in [2.45, 2.75) is 0 Å². The van der Waals surface area contributed by atoms with Crippen LogP contribution >= 0.6 is 0 Å². The summed E-state index contributed by atoms with van der Waals surface area (Å²) in [5.74, 6) is 1.56. The van der Waals surface area contributed by atoms with Crippen LogP contribution in [0.2, 0.25) is 0 Å². The first kappa shape index (κ1) is 19.7. The van der Waals surface area contributed by atoms with Crippen molar-refractivity contribution in [1.29, 1.82) is 0 Å². The first-order valence-corrected chi connectivity index (χ1v) is 10.4. The number of nitrogens with zero attached hydrogens (tertiary/aromatic N) is 9. The van der Waals surface area contributed by atoms with Crippen molar-refractivity contribution in [3.63, 3.8) is 0 Å². The molecule has 0 aliphatic carbocycles. The Hall–Kier alpha value is -4.93. The molecule has 6 aromatic rings. The van der Waals surface area contributed by atoms with E-state index in [2.05, 4.69) is 35.7 Å². The summed E-state index contributed by atoms with van der Waals surface area (Å²) < 4.78 is 18.4. The van der Waals surface area contributed by atoms with E-state index >= 15 is 0 Å². The van der Waals surface area contributed by atoms with Gasteiger partial charge in [0.1, 0.15) is 17.3 Å². The fraction of sp³-hybridized carbons (Fsp3) is 0.0435. The van der Waals surface area contributed by atoms with Gasteiger partial charge in [-0.05, 0) is 48.5 Å². The van der Waals surface area contributed by atoms with Gasteiger partial charge < -0.3 is 5.32 Å². The van der Waals surface area contributed by atoms with Gasteiger partial charge in [-0.25, -0.2) is 19.0 Å². The quantitative estimate of drug-likeness (QED) is 0.426. The van der Waals surface area contributed by atoms with Crippen molar-refractivity contribution < 1.29 is 4.39 Å². The molecule has 0 aliphatic heterocycles. The first-order valence-electron chi connectivity index (χ1n) is 10.4. The zero-order valence-electron chi connectivity index (χ0n) is 17.9. The van der Waals surface area contributed by atoms with Gasteiger partial charge in [-0.1, -0.05) is 0 Å². The Morgan fingerprint density at radius 2 is 1.76 bits per heavy atom. The molecule has 0 fully saturated rings. The van der Waals surface area contributed by atoms with Crippen molar-refractivity contribution in [3.05, 3.63) is 85.2 Å². The van der Waals surface area contributed by atoms with Gasteiger partial charge in [0.2, 0.25) is 5.95 Å². The van der Waals surface area contributed by atoms with E-state index in [1.807, 2.05) is 48.0 Å². The Balaban J connectivity index is 1.30. The van der Waals surface area contributed by atoms with Gasteiger partial charge in [-0.2, -0.15) is 10.2 Å². The summed E-state index contributed by atoms with van der Waals surface area (Å²) in [6, 6.07) is 15.5. The second-order valence-electron chi connectivity index (χ2n) is 7.52. The summed E-state index contributed by atoms with van der Waals surface area (Å²) in [5.41, 5.74) is 3.67. The number of hydrogen-bond donors (Lipinski definition) is 1. The molecule has 0 saturated carbocycles. The third kappa shape index (κ3) is 3.54. The maximum atomic E-state index is 13.2. The predicted molar refractivity (Wildman–Crippen MR) is 123 cm³/mol. The number of anilines is 2. The zero-order chi connectivity index (χ0) is 23.1. The maximum Gasteiger partial charge on any atom is 0.228 e. The number of aryl methyl sites for hydroxylation is 1. The molecule has 166 valence electrons. The van der Waals surface area contributed by atoms with E-state index in [4.69, 9.17) is 0 Å². The lowest BCUT2D eigenvalue weighted by atomic mass is 10.2. The molecule has 5 aromatic heterocycles. The lowest BCUT2D eigenvalue weighted by Crippen LogP contribution is -2.03. The molecule has 5 heterocycles. The molecule has 0 bridgehead atoms. The van der Waals surface area contributed by atoms with Gasteiger partial charge in [-0.3, -0.25) is 9.08 Å². The third-order valence-electron chi connectivity index (χ3n) is 5.33. The van der Waals surface area contributed by atoms with Crippen molar-refractivity contribution in [3.8, 4) is 28.5 Å². The summed E-state index contributed by atoms with van der Waals surface area (Å²) in [5, 5.41) is 20.5. The van der Waals surface area contributed by atoms with Crippen LogP contribution in [0.15, 0.2) is 79.4 Å². The van der Waals surface area contributed by atoms with Crippen LogP contribution < -0.4 is 5.32 Å². The normalized spacial score (nSPS) is 11.2. The van der Waals surface area contributed by atoms with Crippen LogP contribution in [-0.2, 0) is 7.05 Å². The molecule has 1 aromatic carbocycles. The first-order chi connectivity index (χ1) is 16.6. The lowest BCUT2D eigenvalue weighted by Gasteiger charge is -2.07. The number of hydrogen-bond acceptors (Lipinski definition) is 7. The summed E-state index contributed by atoms with van der Waals surface area (Å²) >= 11 is 0. The van der Waals surface area contributed by atoms with Gasteiger partial charge >= 0.3 is 0 Å². The second-order valence-corrected chi connectivity index (χ2v) is 7.52. The van der Waals surface area contributed by atoms with Crippen molar-refractivity contribution >= 4 is 17.4 Å². The minimum atomic E-state index is -0.293. The molecule has 34 heavy (non-hydrogen) atoms. The summed E-state index contributed by atoms with van der Waals surface area (Å²) in [4.78, 5) is 8.90. The highest BCUT2D eigenvalue weighted by atomic mass is 19.1. The second kappa shape index (κ2) is 7.89. The highest BCUT2D eigenvalue weighted by molar-refractivity contribution is 5.67. The van der Waals surface area contributed by atoms with Crippen LogP contribution in [0.3, 0.4) is 0 Å². The molecule has 0 aliphatic rings. The van der Waals surface area contributed by atoms with E-state index < -0.39 is 0 Å². The van der Waals surface area contributed by atoms with E-state index in [1.54, 1.807) is 40.1 Å². The van der Waals surface area contributed by atoms with E-state index in [-0.39, 0.29) is 5.82 Å². The summed E-state index contributed by atoms with van der Waals surface area (Å²) in [6.45, 7) is 0. The van der Waals surface area contributed by atoms with Gasteiger partial charge in [-0.15, -0.1) is 10.2 Å². The fourth-order valence-corrected chi connectivity index (χ4v) is 3.60. The maximum absolute atomic E-state index is 13.2. The standard InChI is InChI=1S/C23H17FN10/c1-32-20(7-11-26-32)28-23-25-10-6-18(27-23)15-8-12-33-21(14-15)29-30-22(33)19-9-13-34(31-19)17-4-2-16(24)3-5-17/h2-14H,1H3,(H,25,27,28). The van der Waals surface area contributed by atoms with Crippen molar-refractivity contribution in [2.75, 3.05) is 5.32 Å². The highest BCUT2D eigenvalue weighted by Crippen LogP contribution is 2.23. The highest BCUT2D eigenvalue weighted by Gasteiger charge is 2.13. The number of rotatable bonds is 5. The molecule has 0 radical (unpaired) electrons. The van der Waals surface area contributed by atoms with Crippen LogP contribution in [0, 0.1) is 5.82 Å². The topological polar surface area (TPSA) is 104 Å². The number of aromatic nitrogens is 9. The van der Waals surface area contributed by atoms with Crippen LogP contribution in [0.1, 0.15) is 0 Å². The molecule has 0 unspecified atom stereocenters. The van der Waals surface area contributed by atoms with E-state index in [9.17, 15) is 4.39 Å². The van der Waals surface area contributed by atoms with Gasteiger partial charge in [0, 0.05) is 37.3 Å². The van der Waals surface area contributed by atoms with Crippen LogP contribution in [0.25, 0.3) is 34.1 Å². The SMILES string of the molecule is Cn1nccc1Nc1nccc(-c2ccn3c(-c4ccn(-c5ccc(F)cc5)n4)nnc3c2)n1. The van der Waals surface area contributed by atoms with Crippen molar-refractivity contribution in [1.82, 2.24) is 44.1 Å². The Morgan fingerprint density at radius 1 is 0.882 bits per heavy atom. The molecular weight excluding hydrogens is 435 g/mol. The van der Waals surface area contributed by atoms with Crippen molar-refractivity contribution in [2.24, 2.45) is 7.05 Å². The summed E-state index contributed by atoms with van der Waals surface area (Å²) in [6.07, 6.45) is 7.08. The van der Waals surface area contributed by atoms with Gasteiger partial charge in [0.25, 0.3) is 0 Å². The van der Waals surface area contributed by atoms with E-state index in [0.29, 0.717) is 23.1 Å². The molecule has 0 saturated heterocycles. The Bertz CT molecular complexity index is 1610. The molecular formula is C23H17FN10. The van der Waals surface area contributed by atoms with Crippen LogP contribution in [0.5, 0.6) is 0 Å². The molecule has 10 nitrogen and oxygen atoms in total. The van der Waals surface area contributed by atoms with Gasteiger partial charge in [0.05, 0.1) is 17.6 Å². The van der Waals surface area contributed by atoms with E-state index in [1.165, 1.54) is 12.1 Å². The predicted octanol–water partition coefficient (Wildman–Crippen LogP) is 3.66. The number of fused-ring (bicyclic) bond motifs is 1. The molecule has 11 heteroatoms. The van der Waals surface area contributed by atoms with Crippen LogP contribution in [0.4, 0.5) is 16.2 Å². The minimum absolute atomic E-state index is 0.293. The Morgan fingerprint density at radius 3 is 2.59 bits per heavy atom. The summed E-state index contributed by atoms with van der Waals surface area (Å²) in [7, 11) is 1.84.